The number of aryl methyl sites for hydroxylation is 1. The molecule has 0 aromatic heterocycles. The Kier molecular flexibility index (Phi) is 6.24. The van der Waals surface area contributed by atoms with Crippen LogP contribution in [0.1, 0.15) is 50.2 Å². The van der Waals surface area contributed by atoms with Crippen LogP contribution in [0, 0.1) is 6.92 Å². The normalized spacial score (nSPS) is 13.5. The smallest absolute Gasteiger partial charge is 0.356 e. The second-order valence-corrected chi connectivity index (χ2v) is 7.21. The predicted octanol–water partition coefficient (Wildman–Crippen LogP) is 3.75. The van der Waals surface area contributed by atoms with Gasteiger partial charge < -0.3 is 5.32 Å². The van der Waals surface area contributed by atoms with Crippen molar-refractivity contribution in [3.05, 3.63) is 70.3 Å². The molecule has 0 radical (unpaired) electrons. The number of carbonyl (C=O) groups excluding carboxylic acids is 3. The first-order valence-corrected chi connectivity index (χ1v) is 9.56. The van der Waals surface area contributed by atoms with Crippen LogP contribution in [0.3, 0.4) is 0 Å². The minimum absolute atomic E-state index is 0.138. The zero-order valence-corrected chi connectivity index (χ0v) is 16.4. The van der Waals surface area contributed by atoms with Crippen LogP contribution in [-0.2, 0) is 17.4 Å². The van der Waals surface area contributed by atoms with Crippen LogP contribution in [0.15, 0.2) is 42.5 Å². The van der Waals surface area contributed by atoms with Crippen molar-refractivity contribution >= 4 is 17.7 Å². The van der Waals surface area contributed by atoms with Gasteiger partial charge in [0.15, 0.2) is 0 Å². The molecule has 1 aliphatic rings. The number of alkyl halides is 3. The molecule has 0 bridgehead atoms. The van der Waals surface area contributed by atoms with E-state index in [9.17, 15) is 27.6 Å². The molecule has 1 heterocycles. The van der Waals surface area contributed by atoms with Crippen molar-refractivity contribution in [1.82, 2.24) is 10.2 Å². The highest BCUT2D eigenvalue weighted by atomic mass is 19.4. The molecule has 3 rings (SSSR count). The monoisotopic (exact) mass is 418 g/mol. The lowest BCUT2D eigenvalue weighted by Crippen LogP contribution is -2.32. The first kappa shape index (κ1) is 21.5. The average Bonchev–Trinajstić information content (AvgIpc) is 2.92. The van der Waals surface area contributed by atoms with E-state index in [0.29, 0.717) is 29.5 Å². The van der Waals surface area contributed by atoms with Gasteiger partial charge in [-0.25, -0.2) is 0 Å². The molecule has 0 unspecified atom stereocenters. The van der Waals surface area contributed by atoms with Crippen molar-refractivity contribution in [2.45, 2.75) is 32.4 Å². The Hall–Kier alpha value is -3.16. The lowest BCUT2D eigenvalue weighted by molar-refractivity contribution is -0.137. The Labute approximate surface area is 171 Å². The van der Waals surface area contributed by atoms with Gasteiger partial charge in [0, 0.05) is 19.5 Å². The fourth-order valence-electron chi connectivity index (χ4n) is 3.30. The molecule has 0 aliphatic carbocycles. The van der Waals surface area contributed by atoms with Gasteiger partial charge in [0.05, 0.1) is 16.7 Å². The molecular formula is C22H21F3N2O3. The maximum Gasteiger partial charge on any atom is 0.416 e. The summed E-state index contributed by atoms with van der Waals surface area (Å²) < 4.78 is 37.6. The molecule has 8 heteroatoms. The molecule has 158 valence electrons. The summed E-state index contributed by atoms with van der Waals surface area (Å²) in [6.07, 6.45) is -3.50. The standard InChI is InChI=1S/C22H21F3N2O3/c1-14-4-9-17-18(13-14)21(30)27(20(17)29)12-2-3-19(28)26-11-10-15-5-7-16(8-6-15)22(23,24)25/h4-9,13H,2-3,10-12H2,1H3,(H,26,28). The van der Waals surface area contributed by atoms with Crippen LogP contribution in [0.5, 0.6) is 0 Å². The second kappa shape index (κ2) is 8.69. The number of nitrogens with one attached hydrogen (secondary N) is 1. The van der Waals surface area contributed by atoms with Crippen molar-refractivity contribution in [2.24, 2.45) is 0 Å². The van der Waals surface area contributed by atoms with Gasteiger partial charge in [0.2, 0.25) is 5.91 Å². The molecule has 2 aromatic carbocycles. The fourth-order valence-corrected chi connectivity index (χ4v) is 3.30. The average molecular weight is 418 g/mol. The maximum atomic E-state index is 12.5. The van der Waals surface area contributed by atoms with E-state index in [1.807, 2.05) is 6.92 Å². The summed E-state index contributed by atoms with van der Waals surface area (Å²) in [5.74, 6) is -0.937. The Bertz CT molecular complexity index is 969. The van der Waals surface area contributed by atoms with E-state index in [1.54, 1.807) is 18.2 Å². The number of rotatable bonds is 7. The molecule has 0 spiro atoms. The van der Waals surface area contributed by atoms with Crippen molar-refractivity contribution in [2.75, 3.05) is 13.1 Å². The summed E-state index contributed by atoms with van der Waals surface area (Å²) in [6, 6.07) is 9.90. The van der Waals surface area contributed by atoms with E-state index in [4.69, 9.17) is 0 Å². The zero-order chi connectivity index (χ0) is 21.9. The van der Waals surface area contributed by atoms with Gasteiger partial charge in [-0.3, -0.25) is 19.3 Å². The van der Waals surface area contributed by atoms with Crippen LogP contribution < -0.4 is 5.32 Å². The molecule has 1 aliphatic heterocycles. The summed E-state index contributed by atoms with van der Waals surface area (Å²) in [4.78, 5) is 37.8. The van der Waals surface area contributed by atoms with Crippen LogP contribution in [0.25, 0.3) is 0 Å². The number of carbonyl (C=O) groups is 3. The largest absolute Gasteiger partial charge is 0.416 e. The summed E-state index contributed by atoms with van der Waals surface area (Å²) in [5, 5.41) is 2.70. The molecule has 3 amide bonds. The van der Waals surface area contributed by atoms with E-state index >= 15 is 0 Å². The number of benzene rings is 2. The Morgan fingerprint density at radius 1 is 1.00 bits per heavy atom. The molecule has 2 aromatic rings. The molecule has 0 atom stereocenters. The Morgan fingerprint density at radius 3 is 2.33 bits per heavy atom. The number of imide groups is 1. The number of hydrogen-bond donors (Lipinski definition) is 1. The van der Waals surface area contributed by atoms with Crippen molar-refractivity contribution < 1.29 is 27.6 Å². The number of nitrogens with zero attached hydrogens (tertiary/aromatic N) is 1. The highest BCUT2D eigenvalue weighted by Gasteiger charge is 2.35. The summed E-state index contributed by atoms with van der Waals surface area (Å²) >= 11 is 0. The Balaban J connectivity index is 1.40. The van der Waals surface area contributed by atoms with Crippen molar-refractivity contribution in [1.29, 1.82) is 0 Å². The van der Waals surface area contributed by atoms with Gasteiger partial charge in [-0.05, 0) is 49.6 Å². The molecule has 0 saturated heterocycles. The minimum Gasteiger partial charge on any atom is -0.356 e. The third kappa shape index (κ3) is 4.87. The number of halogens is 3. The molecule has 30 heavy (non-hydrogen) atoms. The van der Waals surface area contributed by atoms with Crippen LogP contribution in [-0.4, -0.2) is 35.7 Å². The fraction of sp³-hybridized carbons (Fsp3) is 0.318. The lowest BCUT2D eigenvalue weighted by Gasteiger charge is -2.13. The number of fused-ring (bicyclic) bond motifs is 1. The van der Waals surface area contributed by atoms with Gasteiger partial charge >= 0.3 is 6.18 Å². The molecular weight excluding hydrogens is 397 g/mol. The van der Waals surface area contributed by atoms with Gasteiger partial charge in [-0.15, -0.1) is 0 Å². The zero-order valence-electron chi connectivity index (χ0n) is 16.4. The van der Waals surface area contributed by atoms with E-state index in [2.05, 4.69) is 5.32 Å². The maximum absolute atomic E-state index is 12.5. The molecule has 0 fully saturated rings. The van der Waals surface area contributed by atoms with Gasteiger partial charge in [0.1, 0.15) is 0 Å². The SMILES string of the molecule is Cc1ccc2c(c1)C(=O)N(CCCC(=O)NCCc1ccc(C(F)(F)F)cc1)C2=O. The first-order valence-electron chi connectivity index (χ1n) is 9.56. The minimum atomic E-state index is -4.37. The first-order chi connectivity index (χ1) is 14.2. The van der Waals surface area contributed by atoms with Crippen molar-refractivity contribution in [3.63, 3.8) is 0 Å². The van der Waals surface area contributed by atoms with Gasteiger partial charge in [0.25, 0.3) is 11.8 Å². The molecule has 0 saturated carbocycles. The van der Waals surface area contributed by atoms with Crippen molar-refractivity contribution in [3.8, 4) is 0 Å². The molecule has 1 N–H and O–H groups in total. The van der Waals surface area contributed by atoms with E-state index < -0.39 is 11.7 Å². The summed E-state index contributed by atoms with van der Waals surface area (Å²) in [5.41, 5.74) is 1.64. The number of amides is 3. The molecule has 5 nitrogen and oxygen atoms in total. The lowest BCUT2D eigenvalue weighted by atomic mass is 10.1. The van der Waals surface area contributed by atoms with Crippen LogP contribution in [0.4, 0.5) is 13.2 Å². The second-order valence-electron chi connectivity index (χ2n) is 7.21. The quantitative estimate of drug-likeness (QED) is 0.697. The topological polar surface area (TPSA) is 66.5 Å². The Morgan fingerprint density at radius 2 is 1.67 bits per heavy atom. The van der Waals surface area contributed by atoms with Gasteiger partial charge in [-0.1, -0.05) is 23.8 Å². The van der Waals surface area contributed by atoms with Crippen LogP contribution in [0.2, 0.25) is 0 Å². The number of hydrogen-bond acceptors (Lipinski definition) is 3. The summed E-state index contributed by atoms with van der Waals surface area (Å²) in [7, 11) is 0. The van der Waals surface area contributed by atoms with Crippen LogP contribution >= 0.6 is 0 Å². The summed E-state index contributed by atoms with van der Waals surface area (Å²) in [6.45, 7) is 2.28. The highest BCUT2D eigenvalue weighted by Crippen LogP contribution is 2.29. The third-order valence-corrected chi connectivity index (χ3v) is 4.93. The highest BCUT2D eigenvalue weighted by molar-refractivity contribution is 6.21. The van der Waals surface area contributed by atoms with Gasteiger partial charge in [-0.2, -0.15) is 13.2 Å². The third-order valence-electron chi connectivity index (χ3n) is 4.93. The van der Waals surface area contributed by atoms with E-state index in [-0.39, 0.29) is 37.2 Å². The van der Waals surface area contributed by atoms with E-state index in [1.165, 1.54) is 12.1 Å². The predicted molar refractivity (Wildman–Crippen MR) is 104 cm³/mol. The van der Waals surface area contributed by atoms with E-state index in [0.717, 1.165) is 22.6 Å².